The molecule has 0 bridgehead atoms. The maximum Gasteiger partial charge on any atom is 0.242 e. The lowest BCUT2D eigenvalue weighted by Gasteiger charge is -2.29. The summed E-state index contributed by atoms with van der Waals surface area (Å²) < 4.78 is 0. The molecular weight excluding hydrogens is 372 g/mol. The Hall–Kier alpha value is -2.33. The van der Waals surface area contributed by atoms with Crippen LogP contribution in [0.3, 0.4) is 0 Å². The highest BCUT2D eigenvalue weighted by atomic mass is 35.5. The molecule has 2 rings (SSSR count). The molecule has 0 aliphatic carbocycles. The summed E-state index contributed by atoms with van der Waals surface area (Å²) in [5.74, 6) is 0.0784. The summed E-state index contributed by atoms with van der Waals surface area (Å²) in [6.07, 6.45) is 0.160. The molecule has 0 heterocycles. The Morgan fingerprint density at radius 2 is 1.68 bits per heavy atom. The van der Waals surface area contributed by atoms with Gasteiger partial charge in [0.05, 0.1) is 6.42 Å². The number of hydrogen-bond acceptors (Lipinski definition) is 2. The number of rotatable bonds is 8. The number of benzene rings is 2. The highest BCUT2D eigenvalue weighted by Crippen LogP contribution is 2.18. The molecule has 5 heteroatoms. The summed E-state index contributed by atoms with van der Waals surface area (Å²) in [6.45, 7) is 8.83. The topological polar surface area (TPSA) is 49.4 Å². The van der Waals surface area contributed by atoms with Gasteiger partial charge in [0.15, 0.2) is 0 Å². The molecular formula is C23H29ClN2O2. The number of aryl methyl sites for hydroxylation is 1. The van der Waals surface area contributed by atoms with Crippen molar-refractivity contribution in [3.8, 4) is 0 Å². The van der Waals surface area contributed by atoms with Crippen LogP contribution in [0, 0.1) is 12.8 Å². The first-order chi connectivity index (χ1) is 13.3. The fraction of sp³-hybridized carbons (Fsp3) is 0.391. The first-order valence-electron chi connectivity index (χ1n) is 9.64. The molecule has 0 aliphatic rings. The second kappa shape index (κ2) is 10.3. The van der Waals surface area contributed by atoms with E-state index in [4.69, 9.17) is 11.6 Å². The Morgan fingerprint density at radius 1 is 1.04 bits per heavy atom. The number of nitrogens with one attached hydrogen (secondary N) is 1. The van der Waals surface area contributed by atoms with E-state index in [0.717, 1.165) is 16.7 Å². The number of amides is 2. The van der Waals surface area contributed by atoms with E-state index < -0.39 is 6.04 Å². The molecule has 150 valence electrons. The molecule has 0 fully saturated rings. The Bertz CT molecular complexity index is 803. The van der Waals surface area contributed by atoms with Crippen molar-refractivity contribution in [2.45, 2.75) is 46.7 Å². The van der Waals surface area contributed by atoms with Gasteiger partial charge in [0.2, 0.25) is 11.8 Å². The van der Waals surface area contributed by atoms with E-state index >= 15 is 0 Å². The third kappa shape index (κ3) is 6.38. The lowest BCUT2D eigenvalue weighted by molar-refractivity contribution is -0.140. The minimum absolute atomic E-state index is 0.124. The molecule has 0 aromatic heterocycles. The van der Waals surface area contributed by atoms with Gasteiger partial charge in [-0.2, -0.15) is 0 Å². The van der Waals surface area contributed by atoms with Crippen molar-refractivity contribution in [3.63, 3.8) is 0 Å². The highest BCUT2D eigenvalue weighted by molar-refractivity contribution is 6.31. The van der Waals surface area contributed by atoms with Gasteiger partial charge in [-0.1, -0.05) is 73.5 Å². The van der Waals surface area contributed by atoms with E-state index in [2.05, 4.69) is 5.32 Å². The van der Waals surface area contributed by atoms with E-state index in [-0.39, 0.29) is 18.2 Å². The fourth-order valence-corrected chi connectivity index (χ4v) is 3.03. The van der Waals surface area contributed by atoms with Gasteiger partial charge in [-0.05, 0) is 37.0 Å². The van der Waals surface area contributed by atoms with Crippen molar-refractivity contribution in [2.75, 3.05) is 6.54 Å². The Kier molecular flexibility index (Phi) is 8.06. The van der Waals surface area contributed by atoms with E-state index in [0.29, 0.717) is 24.0 Å². The van der Waals surface area contributed by atoms with Crippen molar-refractivity contribution in [3.05, 3.63) is 70.2 Å². The van der Waals surface area contributed by atoms with Crippen LogP contribution in [0.2, 0.25) is 5.02 Å². The molecule has 0 aliphatic heterocycles. The largest absolute Gasteiger partial charge is 0.354 e. The van der Waals surface area contributed by atoms with Crippen LogP contribution in [0.25, 0.3) is 0 Å². The van der Waals surface area contributed by atoms with Gasteiger partial charge in [-0.3, -0.25) is 9.59 Å². The van der Waals surface area contributed by atoms with Crippen molar-refractivity contribution in [2.24, 2.45) is 5.92 Å². The number of hydrogen-bond donors (Lipinski definition) is 1. The lowest BCUT2D eigenvalue weighted by Crippen LogP contribution is -2.48. The van der Waals surface area contributed by atoms with Crippen molar-refractivity contribution in [1.29, 1.82) is 0 Å². The molecule has 2 aromatic carbocycles. The fourth-order valence-electron chi connectivity index (χ4n) is 2.83. The molecule has 0 saturated heterocycles. The average molecular weight is 401 g/mol. The second-order valence-corrected chi connectivity index (χ2v) is 8.00. The first-order valence-corrected chi connectivity index (χ1v) is 10.0. The Labute approximate surface area is 172 Å². The monoisotopic (exact) mass is 400 g/mol. The smallest absolute Gasteiger partial charge is 0.242 e. The molecule has 1 N–H and O–H groups in total. The number of carbonyl (C=O) groups excluding carboxylic acids is 2. The van der Waals surface area contributed by atoms with Crippen LogP contribution in [0.1, 0.15) is 37.5 Å². The zero-order valence-corrected chi connectivity index (χ0v) is 17.8. The second-order valence-electron chi connectivity index (χ2n) is 7.59. The van der Waals surface area contributed by atoms with Crippen LogP contribution in [0.15, 0.2) is 48.5 Å². The average Bonchev–Trinajstić information content (AvgIpc) is 2.66. The van der Waals surface area contributed by atoms with Gasteiger partial charge in [0, 0.05) is 18.1 Å². The summed E-state index contributed by atoms with van der Waals surface area (Å²) in [7, 11) is 0. The van der Waals surface area contributed by atoms with Crippen LogP contribution in [0.4, 0.5) is 0 Å². The van der Waals surface area contributed by atoms with Crippen LogP contribution in [-0.4, -0.2) is 29.3 Å². The summed E-state index contributed by atoms with van der Waals surface area (Å²) in [5.41, 5.74) is 2.90. The molecule has 28 heavy (non-hydrogen) atoms. The van der Waals surface area contributed by atoms with Gasteiger partial charge in [0.25, 0.3) is 0 Å². The molecule has 0 radical (unpaired) electrons. The van der Waals surface area contributed by atoms with Crippen molar-refractivity contribution in [1.82, 2.24) is 10.2 Å². The van der Waals surface area contributed by atoms with Crippen molar-refractivity contribution >= 4 is 23.4 Å². The minimum Gasteiger partial charge on any atom is -0.354 e. The maximum atomic E-state index is 13.1. The predicted molar refractivity (Wildman–Crippen MR) is 114 cm³/mol. The maximum absolute atomic E-state index is 13.1. The number of carbonyl (C=O) groups is 2. The van der Waals surface area contributed by atoms with Gasteiger partial charge < -0.3 is 10.2 Å². The zero-order chi connectivity index (χ0) is 20.7. The van der Waals surface area contributed by atoms with E-state index in [1.54, 1.807) is 17.9 Å². The number of nitrogens with zero attached hydrogens (tertiary/aromatic N) is 1. The van der Waals surface area contributed by atoms with Gasteiger partial charge in [-0.15, -0.1) is 0 Å². The Morgan fingerprint density at radius 3 is 2.29 bits per heavy atom. The van der Waals surface area contributed by atoms with Crippen LogP contribution in [-0.2, 0) is 22.6 Å². The summed E-state index contributed by atoms with van der Waals surface area (Å²) in [4.78, 5) is 27.4. The summed E-state index contributed by atoms with van der Waals surface area (Å²) in [6, 6.07) is 14.7. The zero-order valence-electron chi connectivity index (χ0n) is 17.0. The van der Waals surface area contributed by atoms with Crippen LogP contribution < -0.4 is 5.32 Å². The quantitative estimate of drug-likeness (QED) is 0.714. The predicted octanol–water partition coefficient (Wildman–Crippen LogP) is 4.38. The van der Waals surface area contributed by atoms with E-state index in [9.17, 15) is 9.59 Å². The van der Waals surface area contributed by atoms with Crippen LogP contribution >= 0.6 is 11.6 Å². The van der Waals surface area contributed by atoms with Crippen LogP contribution in [0.5, 0.6) is 0 Å². The molecule has 2 aromatic rings. The molecule has 0 saturated carbocycles. The molecule has 0 unspecified atom stereocenters. The molecule has 2 amide bonds. The summed E-state index contributed by atoms with van der Waals surface area (Å²) >= 11 is 6.23. The highest BCUT2D eigenvalue weighted by Gasteiger charge is 2.26. The molecule has 1 atom stereocenters. The normalized spacial score (nSPS) is 11.9. The summed E-state index contributed by atoms with van der Waals surface area (Å²) in [5, 5.41) is 3.49. The first kappa shape index (κ1) is 22.0. The standard InChI is InChI=1S/C23H29ClN2O2/c1-16(2)14-25-23(28)18(4)26(15-19-11-9-17(3)10-12-19)22(27)13-20-7-5-6-8-21(20)24/h5-12,16,18H,13-15H2,1-4H3,(H,25,28)/t18-/m0/s1. The minimum atomic E-state index is -0.574. The molecule has 4 nitrogen and oxygen atoms in total. The molecule has 0 spiro atoms. The number of halogens is 1. The third-order valence-corrected chi connectivity index (χ3v) is 4.99. The van der Waals surface area contributed by atoms with E-state index in [1.807, 2.05) is 63.2 Å². The van der Waals surface area contributed by atoms with Crippen molar-refractivity contribution < 1.29 is 9.59 Å². The SMILES string of the molecule is Cc1ccc(CN(C(=O)Cc2ccccc2Cl)[C@@H](C)C(=O)NCC(C)C)cc1. The lowest BCUT2D eigenvalue weighted by atomic mass is 10.1. The van der Waals surface area contributed by atoms with Gasteiger partial charge in [-0.25, -0.2) is 0 Å². The van der Waals surface area contributed by atoms with Gasteiger partial charge >= 0.3 is 0 Å². The van der Waals surface area contributed by atoms with E-state index in [1.165, 1.54) is 0 Å². The Balaban J connectivity index is 2.21. The third-order valence-electron chi connectivity index (χ3n) is 4.62. The van der Waals surface area contributed by atoms with Gasteiger partial charge in [0.1, 0.15) is 6.04 Å².